The number of nitrogens with one attached hydrogen (secondary N) is 1. The summed E-state index contributed by atoms with van der Waals surface area (Å²) in [5.41, 5.74) is 0. The SMILES string of the molecule is CCCC1CCC(CNC2CCc3nc(CC)nn3C2)CC1. The number of aromatic nitrogens is 3. The molecule has 0 spiro atoms. The van der Waals surface area contributed by atoms with Crippen molar-refractivity contribution in [2.75, 3.05) is 6.54 Å². The zero-order chi connectivity index (χ0) is 15.4. The first-order valence-electron chi connectivity index (χ1n) is 9.44. The van der Waals surface area contributed by atoms with Gasteiger partial charge in [0, 0.05) is 18.9 Å². The molecule has 1 N–H and O–H groups in total. The maximum Gasteiger partial charge on any atom is 0.150 e. The van der Waals surface area contributed by atoms with E-state index in [-0.39, 0.29) is 0 Å². The minimum Gasteiger partial charge on any atom is -0.312 e. The third kappa shape index (κ3) is 3.89. The summed E-state index contributed by atoms with van der Waals surface area (Å²) in [6.45, 7) is 6.66. The minimum atomic E-state index is 0.590. The highest BCUT2D eigenvalue weighted by Gasteiger charge is 2.24. The topological polar surface area (TPSA) is 42.7 Å². The Morgan fingerprint density at radius 2 is 1.86 bits per heavy atom. The lowest BCUT2D eigenvalue weighted by atomic mass is 9.80. The van der Waals surface area contributed by atoms with E-state index in [0.717, 1.165) is 37.0 Å². The number of hydrogen-bond donors (Lipinski definition) is 1. The van der Waals surface area contributed by atoms with Crippen molar-refractivity contribution in [1.29, 1.82) is 0 Å². The third-order valence-electron chi connectivity index (χ3n) is 5.58. The molecule has 124 valence electrons. The first kappa shape index (κ1) is 16.0. The summed E-state index contributed by atoms with van der Waals surface area (Å²) in [5, 5.41) is 8.43. The lowest BCUT2D eigenvalue weighted by Crippen LogP contribution is -2.40. The van der Waals surface area contributed by atoms with Gasteiger partial charge in [0.25, 0.3) is 0 Å². The van der Waals surface area contributed by atoms with E-state index in [9.17, 15) is 0 Å². The van der Waals surface area contributed by atoms with Crippen LogP contribution in [0.15, 0.2) is 0 Å². The van der Waals surface area contributed by atoms with E-state index in [1.54, 1.807) is 0 Å². The van der Waals surface area contributed by atoms with Crippen molar-refractivity contribution in [2.45, 2.75) is 84.2 Å². The molecule has 1 atom stereocenters. The fraction of sp³-hybridized carbons (Fsp3) is 0.889. The first-order valence-corrected chi connectivity index (χ1v) is 9.44. The molecular formula is C18H32N4. The van der Waals surface area contributed by atoms with Gasteiger partial charge in [-0.15, -0.1) is 0 Å². The Morgan fingerprint density at radius 3 is 2.59 bits per heavy atom. The van der Waals surface area contributed by atoms with Gasteiger partial charge in [0.1, 0.15) is 5.82 Å². The molecule has 1 fully saturated rings. The van der Waals surface area contributed by atoms with Crippen molar-refractivity contribution in [1.82, 2.24) is 20.1 Å². The molecule has 4 heteroatoms. The molecule has 0 aromatic carbocycles. The molecule has 1 unspecified atom stereocenters. The van der Waals surface area contributed by atoms with E-state index in [4.69, 9.17) is 0 Å². The Morgan fingerprint density at radius 1 is 1.09 bits per heavy atom. The summed E-state index contributed by atoms with van der Waals surface area (Å²) >= 11 is 0. The summed E-state index contributed by atoms with van der Waals surface area (Å²) in [4.78, 5) is 4.60. The van der Waals surface area contributed by atoms with Crippen molar-refractivity contribution < 1.29 is 0 Å². The maximum atomic E-state index is 4.61. The van der Waals surface area contributed by atoms with E-state index in [1.807, 2.05) is 0 Å². The largest absolute Gasteiger partial charge is 0.312 e. The van der Waals surface area contributed by atoms with Gasteiger partial charge >= 0.3 is 0 Å². The van der Waals surface area contributed by atoms with Gasteiger partial charge in [-0.25, -0.2) is 9.67 Å². The van der Waals surface area contributed by atoms with E-state index in [0.29, 0.717) is 6.04 Å². The zero-order valence-electron chi connectivity index (χ0n) is 14.4. The van der Waals surface area contributed by atoms with Crippen molar-refractivity contribution in [2.24, 2.45) is 11.8 Å². The fourth-order valence-electron chi connectivity index (χ4n) is 4.14. The van der Waals surface area contributed by atoms with Gasteiger partial charge in [-0.05, 0) is 37.6 Å². The van der Waals surface area contributed by atoms with Gasteiger partial charge in [-0.2, -0.15) is 5.10 Å². The van der Waals surface area contributed by atoms with Crippen LogP contribution in [0.4, 0.5) is 0 Å². The van der Waals surface area contributed by atoms with Crippen molar-refractivity contribution in [3.63, 3.8) is 0 Å². The molecule has 1 aliphatic carbocycles. The highest BCUT2D eigenvalue weighted by Crippen LogP contribution is 2.31. The minimum absolute atomic E-state index is 0.590. The molecule has 3 rings (SSSR count). The Labute approximate surface area is 135 Å². The molecule has 0 radical (unpaired) electrons. The average Bonchev–Trinajstić information content (AvgIpc) is 2.97. The van der Waals surface area contributed by atoms with E-state index < -0.39 is 0 Å². The van der Waals surface area contributed by atoms with Crippen LogP contribution >= 0.6 is 0 Å². The molecule has 22 heavy (non-hydrogen) atoms. The normalized spacial score (nSPS) is 28.5. The number of rotatable bonds is 6. The van der Waals surface area contributed by atoms with Crippen molar-refractivity contribution in [3.05, 3.63) is 11.6 Å². The second-order valence-corrected chi connectivity index (χ2v) is 7.30. The number of aryl methyl sites for hydroxylation is 2. The van der Waals surface area contributed by atoms with Crippen molar-refractivity contribution >= 4 is 0 Å². The van der Waals surface area contributed by atoms with Crippen LogP contribution < -0.4 is 5.32 Å². The van der Waals surface area contributed by atoms with E-state index in [2.05, 4.69) is 33.9 Å². The first-order chi connectivity index (χ1) is 10.8. The second-order valence-electron chi connectivity index (χ2n) is 7.30. The van der Waals surface area contributed by atoms with Gasteiger partial charge in [0.2, 0.25) is 0 Å². The highest BCUT2D eigenvalue weighted by atomic mass is 15.4. The molecule has 1 saturated carbocycles. The maximum absolute atomic E-state index is 4.61. The van der Waals surface area contributed by atoms with Gasteiger partial charge in [0.05, 0.1) is 6.54 Å². The molecule has 2 aliphatic rings. The van der Waals surface area contributed by atoms with Crippen molar-refractivity contribution in [3.8, 4) is 0 Å². The van der Waals surface area contributed by atoms with Crippen LogP contribution in [0.5, 0.6) is 0 Å². The van der Waals surface area contributed by atoms with Gasteiger partial charge in [-0.3, -0.25) is 0 Å². The van der Waals surface area contributed by atoms with Crippen LogP contribution in [0.25, 0.3) is 0 Å². The monoisotopic (exact) mass is 304 g/mol. The molecule has 1 aromatic heterocycles. The number of hydrogen-bond acceptors (Lipinski definition) is 3. The Hall–Kier alpha value is -0.900. The van der Waals surface area contributed by atoms with Crippen LogP contribution in [0, 0.1) is 11.8 Å². The Bertz CT molecular complexity index is 460. The Balaban J connectivity index is 1.41. The van der Waals surface area contributed by atoms with E-state index >= 15 is 0 Å². The predicted octanol–water partition coefficient (Wildman–Crippen LogP) is 3.35. The summed E-state index contributed by atoms with van der Waals surface area (Å²) in [6, 6.07) is 0.590. The molecule has 1 aliphatic heterocycles. The Kier molecular flexibility index (Phi) is 5.51. The predicted molar refractivity (Wildman–Crippen MR) is 89.9 cm³/mol. The second kappa shape index (κ2) is 7.58. The lowest BCUT2D eigenvalue weighted by Gasteiger charge is -2.31. The number of nitrogens with zero attached hydrogens (tertiary/aromatic N) is 3. The van der Waals surface area contributed by atoms with Gasteiger partial charge < -0.3 is 5.32 Å². The fourth-order valence-corrected chi connectivity index (χ4v) is 4.14. The van der Waals surface area contributed by atoms with Gasteiger partial charge in [-0.1, -0.05) is 39.5 Å². The summed E-state index contributed by atoms with van der Waals surface area (Å²) in [6.07, 6.45) is 11.8. The summed E-state index contributed by atoms with van der Waals surface area (Å²) in [5.74, 6) is 4.11. The van der Waals surface area contributed by atoms with Crippen LogP contribution in [-0.4, -0.2) is 27.4 Å². The van der Waals surface area contributed by atoms with E-state index in [1.165, 1.54) is 57.3 Å². The quantitative estimate of drug-likeness (QED) is 0.876. The smallest absolute Gasteiger partial charge is 0.150 e. The molecule has 0 saturated heterocycles. The third-order valence-corrected chi connectivity index (χ3v) is 5.58. The van der Waals surface area contributed by atoms with Crippen LogP contribution in [-0.2, 0) is 19.4 Å². The lowest BCUT2D eigenvalue weighted by molar-refractivity contribution is 0.241. The molecule has 4 nitrogen and oxygen atoms in total. The summed E-state index contributed by atoms with van der Waals surface area (Å²) < 4.78 is 2.14. The molecule has 0 bridgehead atoms. The van der Waals surface area contributed by atoms with Crippen LogP contribution in [0.3, 0.4) is 0 Å². The van der Waals surface area contributed by atoms with Crippen LogP contribution in [0.1, 0.15) is 70.4 Å². The van der Waals surface area contributed by atoms with Crippen LogP contribution in [0.2, 0.25) is 0 Å². The number of fused-ring (bicyclic) bond motifs is 1. The highest BCUT2D eigenvalue weighted by molar-refractivity contribution is 4.98. The zero-order valence-corrected chi connectivity index (χ0v) is 14.4. The molecular weight excluding hydrogens is 272 g/mol. The molecule has 1 aromatic rings. The molecule has 0 amide bonds. The molecule has 2 heterocycles. The van der Waals surface area contributed by atoms with Gasteiger partial charge in [0.15, 0.2) is 5.82 Å². The average molecular weight is 304 g/mol. The summed E-state index contributed by atoms with van der Waals surface area (Å²) in [7, 11) is 0. The standard InChI is InChI=1S/C18H32N4/c1-3-5-14-6-8-15(9-7-14)12-19-16-10-11-18-20-17(4-2)21-22(18)13-16/h14-16,19H,3-13H2,1-2H3.